The summed E-state index contributed by atoms with van der Waals surface area (Å²) in [6.45, 7) is 3.60. The van der Waals surface area contributed by atoms with E-state index in [4.69, 9.17) is 9.47 Å². The molecule has 10 nitrogen and oxygen atoms in total. The van der Waals surface area contributed by atoms with Crippen LogP contribution in [0.1, 0.15) is 251 Å². The number of carbonyl (C=O) groups is 1. The van der Waals surface area contributed by atoms with Crippen LogP contribution in [0, 0.1) is 0 Å². The molecule has 1 amide bonds. The summed E-state index contributed by atoms with van der Waals surface area (Å²) in [7, 11) is 0. The van der Waals surface area contributed by atoms with E-state index in [0.29, 0.717) is 19.3 Å². The standard InChI is InChI=1S/C56H105NO9/c1-3-5-7-9-11-13-15-17-18-19-20-21-22-23-24-25-26-27-28-29-30-31-33-35-37-39-41-43-45-50(60)55(64)57-48(47-65-56-54(63)53(62)52(61)51(46-58)66-56)49(59)44-42-40-38-36-34-32-16-14-12-10-8-6-4-2/h23-24,34,36,42,44,48-54,56,58-63H,3-22,25-33,35,37-41,43,45-47H2,1-2H3,(H,57,64)/b24-23-,36-34+,44-42+. The number of hydrogen-bond acceptors (Lipinski definition) is 9. The van der Waals surface area contributed by atoms with Crippen molar-refractivity contribution in [2.45, 2.75) is 300 Å². The molecule has 1 fully saturated rings. The molecule has 66 heavy (non-hydrogen) atoms. The van der Waals surface area contributed by atoms with Gasteiger partial charge in [0.1, 0.15) is 30.5 Å². The van der Waals surface area contributed by atoms with Crippen LogP contribution in [-0.2, 0) is 14.3 Å². The van der Waals surface area contributed by atoms with E-state index < -0.39 is 61.5 Å². The van der Waals surface area contributed by atoms with Gasteiger partial charge in [0.05, 0.1) is 25.4 Å². The summed E-state index contributed by atoms with van der Waals surface area (Å²) >= 11 is 0. The van der Waals surface area contributed by atoms with Gasteiger partial charge in [0.15, 0.2) is 6.29 Å². The molecule has 8 atom stereocenters. The molecule has 1 rings (SSSR count). The van der Waals surface area contributed by atoms with Crippen LogP contribution < -0.4 is 5.32 Å². The lowest BCUT2D eigenvalue weighted by atomic mass is 9.99. The average molecular weight is 936 g/mol. The number of allylic oxidation sites excluding steroid dienone is 5. The van der Waals surface area contributed by atoms with Crippen LogP contribution in [0.15, 0.2) is 36.5 Å². The van der Waals surface area contributed by atoms with Crippen molar-refractivity contribution in [3.63, 3.8) is 0 Å². The van der Waals surface area contributed by atoms with Gasteiger partial charge in [0.25, 0.3) is 0 Å². The molecule has 1 aliphatic heterocycles. The molecule has 0 aromatic carbocycles. The van der Waals surface area contributed by atoms with E-state index in [1.165, 1.54) is 186 Å². The smallest absolute Gasteiger partial charge is 0.249 e. The molecule has 8 unspecified atom stereocenters. The second-order valence-corrected chi connectivity index (χ2v) is 19.5. The van der Waals surface area contributed by atoms with Gasteiger partial charge in [-0.2, -0.15) is 0 Å². The number of rotatable bonds is 47. The number of amides is 1. The fourth-order valence-electron chi connectivity index (χ4n) is 8.76. The Bertz CT molecular complexity index is 1150. The van der Waals surface area contributed by atoms with Gasteiger partial charge >= 0.3 is 0 Å². The molecule has 0 saturated carbocycles. The molecule has 1 heterocycles. The Hall–Kier alpha value is -1.63. The summed E-state index contributed by atoms with van der Waals surface area (Å²) in [5, 5.41) is 64.8. The van der Waals surface area contributed by atoms with E-state index in [1.54, 1.807) is 6.08 Å². The first-order valence-electron chi connectivity index (χ1n) is 27.8. The fourth-order valence-corrected chi connectivity index (χ4v) is 8.76. The topological polar surface area (TPSA) is 169 Å². The molecular weight excluding hydrogens is 831 g/mol. The van der Waals surface area contributed by atoms with Crippen molar-refractivity contribution in [1.82, 2.24) is 5.32 Å². The van der Waals surface area contributed by atoms with Gasteiger partial charge in [0.2, 0.25) is 5.91 Å². The number of nitrogens with one attached hydrogen (secondary N) is 1. The number of unbranched alkanes of at least 4 members (excludes halogenated alkanes) is 32. The summed E-state index contributed by atoms with van der Waals surface area (Å²) in [4.78, 5) is 13.1. The van der Waals surface area contributed by atoms with Gasteiger partial charge in [-0.15, -0.1) is 0 Å². The molecule has 0 radical (unpaired) electrons. The van der Waals surface area contributed by atoms with Crippen LogP contribution in [0.25, 0.3) is 0 Å². The highest BCUT2D eigenvalue weighted by Crippen LogP contribution is 2.23. The van der Waals surface area contributed by atoms with Gasteiger partial charge < -0.3 is 45.4 Å². The second-order valence-electron chi connectivity index (χ2n) is 19.5. The predicted molar refractivity (Wildman–Crippen MR) is 273 cm³/mol. The minimum Gasteiger partial charge on any atom is -0.394 e. The lowest BCUT2D eigenvalue weighted by molar-refractivity contribution is -0.302. The van der Waals surface area contributed by atoms with Crippen molar-refractivity contribution in [3.8, 4) is 0 Å². The lowest BCUT2D eigenvalue weighted by Gasteiger charge is -2.40. The maximum absolute atomic E-state index is 13.1. The highest BCUT2D eigenvalue weighted by molar-refractivity contribution is 5.80. The van der Waals surface area contributed by atoms with E-state index in [0.717, 1.165) is 32.1 Å². The summed E-state index contributed by atoms with van der Waals surface area (Å²) in [6, 6.07) is -0.996. The zero-order chi connectivity index (χ0) is 48.1. The van der Waals surface area contributed by atoms with Gasteiger partial charge in [-0.25, -0.2) is 0 Å². The molecule has 1 saturated heterocycles. The number of aliphatic hydroxyl groups excluding tert-OH is 6. The third-order valence-corrected chi connectivity index (χ3v) is 13.3. The summed E-state index contributed by atoms with van der Waals surface area (Å²) in [5.41, 5.74) is 0. The highest BCUT2D eigenvalue weighted by atomic mass is 16.7. The van der Waals surface area contributed by atoms with Crippen LogP contribution in [0.2, 0.25) is 0 Å². The Balaban J connectivity index is 2.23. The number of aliphatic hydroxyl groups is 6. The third-order valence-electron chi connectivity index (χ3n) is 13.3. The molecule has 10 heteroatoms. The van der Waals surface area contributed by atoms with Crippen molar-refractivity contribution in [2.75, 3.05) is 13.2 Å². The van der Waals surface area contributed by atoms with Crippen LogP contribution in [-0.4, -0.2) is 98.7 Å². The molecule has 1 aliphatic rings. The largest absolute Gasteiger partial charge is 0.394 e. The van der Waals surface area contributed by atoms with E-state index in [1.807, 2.05) is 6.08 Å². The van der Waals surface area contributed by atoms with Crippen LogP contribution in [0.3, 0.4) is 0 Å². The highest BCUT2D eigenvalue weighted by Gasteiger charge is 2.44. The van der Waals surface area contributed by atoms with Crippen molar-refractivity contribution in [2.24, 2.45) is 0 Å². The van der Waals surface area contributed by atoms with Gasteiger partial charge in [-0.1, -0.05) is 230 Å². The summed E-state index contributed by atoms with van der Waals surface area (Å²) in [6.07, 6.45) is 48.3. The maximum Gasteiger partial charge on any atom is 0.249 e. The second kappa shape index (κ2) is 45.8. The molecule has 0 aliphatic carbocycles. The number of hydrogen-bond donors (Lipinski definition) is 7. The minimum atomic E-state index is -1.62. The van der Waals surface area contributed by atoms with E-state index in [-0.39, 0.29) is 6.61 Å². The first kappa shape index (κ1) is 62.4. The van der Waals surface area contributed by atoms with Crippen molar-refractivity contribution in [1.29, 1.82) is 0 Å². The quantitative estimate of drug-likeness (QED) is 0.0232. The molecule has 0 spiro atoms. The third kappa shape index (κ3) is 34.6. The summed E-state index contributed by atoms with van der Waals surface area (Å²) < 4.78 is 11.1. The Kier molecular flexibility index (Phi) is 43.3. The van der Waals surface area contributed by atoms with Crippen molar-refractivity contribution in [3.05, 3.63) is 36.5 Å². The van der Waals surface area contributed by atoms with Crippen LogP contribution in [0.5, 0.6) is 0 Å². The summed E-state index contributed by atoms with van der Waals surface area (Å²) in [5.74, 6) is -0.625. The van der Waals surface area contributed by atoms with Crippen molar-refractivity contribution < 1.29 is 44.9 Å². The Labute approximate surface area is 404 Å². The minimum absolute atomic E-state index is 0.304. The normalized spacial score (nSPS) is 20.5. The maximum atomic E-state index is 13.1. The van der Waals surface area contributed by atoms with E-state index in [9.17, 15) is 35.4 Å². The molecule has 388 valence electrons. The lowest BCUT2D eigenvalue weighted by Crippen LogP contribution is -2.60. The molecule has 0 aromatic rings. The van der Waals surface area contributed by atoms with Crippen molar-refractivity contribution >= 4 is 5.91 Å². The van der Waals surface area contributed by atoms with Crippen LogP contribution >= 0.6 is 0 Å². The average Bonchev–Trinajstić information content (AvgIpc) is 3.32. The first-order chi connectivity index (χ1) is 32.3. The zero-order valence-corrected chi connectivity index (χ0v) is 42.6. The molecule has 7 N–H and O–H groups in total. The van der Waals surface area contributed by atoms with Gasteiger partial charge in [-0.3, -0.25) is 4.79 Å². The predicted octanol–water partition coefficient (Wildman–Crippen LogP) is 12.2. The first-order valence-corrected chi connectivity index (χ1v) is 27.8. The van der Waals surface area contributed by atoms with E-state index >= 15 is 0 Å². The van der Waals surface area contributed by atoms with Gasteiger partial charge in [-0.05, 0) is 57.8 Å². The number of ether oxygens (including phenoxy) is 2. The molecule has 0 bridgehead atoms. The van der Waals surface area contributed by atoms with Gasteiger partial charge in [0, 0.05) is 0 Å². The Morgan fingerprint density at radius 3 is 1.32 bits per heavy atom. The molecule has 0 aromatic heterocycles. The molecular formula is C56H105NO9. The Morgan fingerprint density at radius 2 is 0.894 bits per heavy atom. The van der Waals surface area contributed by atoms with E-state index in [2.05, 4.69) is 43.5 Å². The Morgan fingerprint density at radius 1 is 0.515 bits per heavy atom. The SMILES string of the molecule is CCCCCCCCC/C=C/CC/C=C/C(O)C(COC1OC(CO)C(O)C(O)C1O)NC(=O)C(O)CCCCCCCCCCCCCC/C=C\CCCCCCCCCCCCCC. The fraction of sp³-hybridized carbons (Fsp3) is 0.875. The van der Waals surface area contributed by atoms with Crippen LogP contribution in [0.4, 0.5) is 0 Å². The monoisotopic (exact) mass is 936 g/mol. The number of carbonyl (C=O) groups excluding carboxylic acids is 1. The zero-order valence-electron chi connectivity index (χ0n) is 42.6.